The second kappa shape index (κ2) is 7.91. The summed E-state index contributed by atoms with van der Waals surface area (Å²) >= 11 is 0. The summed E-state index contributed by atoms with van der Waals surface area (Å²) in [5, 5.41) is 8.86. The Kier molecular flexibility index (Phi) is 5.91. The first-order valence-corrected chi connectivity index (χ1v) is 7.64. The minimum Gasteiger partial charge on any atom is -0.326 e. The topological polar surface area (TPSA) is 73.5 Å². The standard InChI is InChI=1S/C16H24N4O2/c1-12(21)18-13-5-7-14(8-6-13)19-16(22)11-20-9-3-4-15(10-20)17-2/h5-8,15,17H,3-4,9-11H2,1-2H3,(H,18,21)(H,19,22). The first kappa shape index (κ1) is 16.5. The third-order valence-electron chi connectivity index (χ3n) is 3.77. The van der Waals surface area contributed by atoms with Gasteiger partial charge < -0.3 is 16.0 Å². The van der Waals surface area contributed by atoms with Crippen LogP contribution in [0, 0.1) is 0 Å². The van der Waals surface area contributed by atoms with Gasteiger partial charge in [-0.3, -0.25) is 14.5 Å². The molecule has 0 aliphatic carbocycles. The molecule has 2 amide bonds. The summed E-state index contributed by atoms with van der Waals surface area (Å²) in [4.78, 5) is 25.2. The van der Waals surface area contributed by atoms with E-state index in [2.05, 4.69) is 20.9 Å². The molecule has 6 nitrogen and oxygen atoms in total. The van der Waals surface area contributed by atoms with Crippen LogP contribution in [0.2, 0.25) is 0 Å². The van der Waals surface area contributed by atoms with Gasteiger partial charge in [0.15, 0.2) is 0 Å². The fourth-order valence-electron chi connectivity index (χ4n) is 2.68. The third kappa shape index (κ3) is 5.13. The molecule has 0 bridgehead atoms. The molecule has 1 fully saturated rings. The zero-order chi connectivity index (χ0) is 15.9. The predicted molar refractivity (Wildman–Crippen MR) is 87.9 cm³/mol. The lowest BCUT2D eigenvalue weighted by molar-refractivity contribution is -0.117. The highest BCUT2D eigenvalue weighted by Gasteiger charge is 2.20. The maximum Gasteiger partial charge on any atom is 0.238 e. The molecule has 1 aliphatic heterocycles. The first-order valence-electron chi connectivity index (χ1n) is 7.64. The van der Waals surface area contributed by atoms with E-state index in [9.17, 15) is 9.59 Å². The SMILES string of the molecule is CNC1CCCN(CC(=O)Nc2ccc(NC(C)=O)cc2)C1. The van der Waals surface area contributed by atoms with Crippen LogP contribution in [-0.4, -0.2) is 49.4 Å². The van der Waals surface area contributed by atoms with E-state index >= 15 is 0 Å². The van der Waals surface area contributed by atoms with Gasteiger partial charge >= 0.3 is 0 Å². The average molecular weight is 304 g/mol. The zero-order valence-corrected chi connectivity index (χ0v) is 13.2. The molecule has 0 saturated carbocycles. The van der Waals surface area contributed by atoms with Gasteiger partial charge in [0.25, 0.3) is 0 Å². The van der Waals surface area contributed by atoms with Crippen molar-refractivity contribution >= 4 is 23.2 Å². The second-order valence-electron chi connectivity index (χ2n) is 5.67. The number of rotatable bonds is 5. The van der Waals surface area contributed by atoms with Gasteiger partial charge in [-0.25, -0.2) is 0 Å². The van der Waals surface area contributed by atoms with E-state index in [4.69, 9.17) is 0 Å². The minimum atomic E-state index is -0.110. The van der Waals surface area contributed by atoms with Crippen molar-refractivity contribution < 1.29 is 9.59 Å². The highest BCUT2D eigenvalue weighted by molar-refractivity contribution is 5.93. The quantitative estimate of drug-likeness (QED) is 0.766. The van der Waals surface area contributed by atoms with E-state index in [1.165, 1.54) is 13.3 Å². The van der Waals surface area contributed by atoms with Crippen molar-refractivity contribution in [1.82, 2.24) is 10.2 Å². The van der Waals surface area contributed by atoms with Crippen LogP contribution in [0.25, 0.3) is 0 Å². The number of carbonyl (C=O) groups excluding carboxylic acids is 2. The van der Waals surface area contributed by atoms with E-state index in [-0.39, 0.29) is 11.8 Å². The normalized spacial score (nSPS) is 18.7. The fraction of sp³-hybridized carbons (Fsp3) is 0.500. The monoisotopic (exact) mass is 304 g/mol. The Bertz CT molecular complexity index is 515. The van der Waals surface area contributed by atoms with Crippen molar-refractivity contribution in [2.24, 2.45) is 0 Å². The Balaban J connectivity index is 1.82. The summed E-state index contributed by atoms with van der Waals surface area (Å²) in [6.07, 6.45) is 2.28. The lowest BCUT2D eigenvalue weighted by Crippen LogP contribution is -2.46. The average Bonchev–Trinajstić information content (AvgIpc) is 2.49. The fourth-order valence-corrected chi connectivity index (χ4v) is 2.68. The summed E-state index contributed by atoms with van der Waals surface area (Å²) in [7, 11) is 1.96. The molecule has 1 aliphatic rings. The van der Waals surface area contributed by atoms with Crippen LogP contribution in [0.3, 0.4) is 0 Å². The van der Waals surface area contributed by atoms with Gasteiger partial charge in [0.05, 0.1) is 6.54 Å². The van der Waals surface area contributed by atoms with Crippen molar-refractivity contribution in [3.63, 3.8) is 0 Å². The Labute approximate surface area is 131 Å². The van der Waals surface area contributed by atoms with Crippen LogP contribution in [0.15, 0.2) is 24.3 Å². The van der Waals surface area contributed by atoms with Crippen LogP contribution in [-0.2, 0) is 9.59 Å². The number of nitrogens with one attached hydrogen (secondary N) is 3. The number of amides is 2. The highest BCUT2D eigenvalue weighted by Crippen LogP contribution is 2.14. The predicted octanol–water partition coefficient (Wildman–Crippen LogP) is 1.27. The summed E-state index contributed by atoms with van der Waals surface area (Å²) in [5.41, 5.74) is 1.46. The second-order valence-corrected chi connectivity index (χ2v) is 5.67. The van der Waals surface area contributed by atoms with E-state index in [1.54, 1.807) is 24.3 Å². The molecular formula is C16H24N4O2. The molecule has 1 unspecified atom stereocenters. The molecule has 1 aromatic rings. The molecular weight excluding hydrogens is 280 g/mol. The van der Waals surface area contributed by atoms with Crippen LogP contribution in [0.1, 0.15) is 19.8 Å². The maximum absolute atomic E-state index is 12.1. The van der Waals surface area contributed by atoms with Gasteiger partial charge in [0, 0.05) is 30.9 Å². The summed E-state index contributed by atoms with van der Waals surface area (Å²) in [6.45, 7) is 3.75. The Hall–Kier alpha value is -1.92. The van der Waals surface area contributed by atoms with Crippen LogP contribution in [0.5, 0.6) is 0 Å². The van der Waals surface area contributed by atoms with Crippen LogP contribution >= 0.6 is 0 Å². The summed E-state index contributed by atoms with van der Waals surface area (Å²) in [6, 6.07) is 7.59. The largest absolute Gasteiger partial charge is 0.326 e. The molecule has 0 spiro atoms. The van der Waals surface area contributed by atoms with Crippen molar-refractivity contribution in [2.45, 2.75) is 25.8 Å². The molecule has 2 rings (SSSR count). The smallest absolute Gasteiger partial charge is 0.238 e. The van der Waals surface area contributed by atoms with E-state index in [0.717, 1.165) is 30.9 Å². The van der Waals surface area contributed by atoms with E-state index in [0.29, 0.717) is 12.6 Å². The molecule has 1 aromatic carbocycles. The van der Waals surface area contributed by atoms with Crippen molar-refractivity contribution in [3.8, 4) is 0 Å². The van der Waals surface area contributed by atoms with E-state index < -0.39 is 0 Å². The van der Waals surface area contributed by atoms with Gasteiger partial charge in [-0.15, -0.1) is 0 Å². The number of carbonyl (C=O) groups is 2. The molecule has 22 heavy (non-hydrogen) atoms. The highest BCUT2D eigenvalue weighted by atomic mass is 16.2. The summed E-state index contributed by atoms with van der Waals surface area (Å²) in [5.74, 6) is -0.120. The van der Waals surface area contributed by atoms with Gasteiger partial charge in [0.1, 0.15) is 0 Å². The van der Waals surface area contributed by atoms with Gasteiger partial charge in [-0.05, 0) is 50.7 Å². The molecule has 120 valence electrons. The van der Waals surface area contributed by atoms with Crippen molar-refractivity contribution in [2.75, 3.05) is 37.3 Å². The number of hydrogen-bond acceptors (Lipinski definition) is 4. The molecule has 0 aromatic heterocycles. The number of nitrogens with zero attached hydrogens (tertiary/aromatic N) is 1. The Morgan fingerprint density at radius 2 is 1.82 bits per heavy atom. The molecule has 3 N–H and O–H groups in total. The summed E-state index contributed by atoms with van der Waals surface area (Å²) < 4.78 is 0. The molecule has 0 radical (unpaired) electrons. The molecule has 1 atom stereocenters. The lowest BCUT2D eigenvalue weighted by atomic mass is 10.1. The Morgan fingerprint density at radius 3 is 2.41 bits per heavy atom. The molecule has 1 heterocycles. The number of piperidine rings is 1. The van der Waals surface area contributed by atoms with E-state index in [1.807, 2.05) is 7.05 Å². The number of hydrogen-bond donors (Lipinski definition) is 3. The van der Waals surface area contributed by atoms with Gasteiger partial charge in [-0.2, -0.15) is 0 Å². The third-order valence-corrected chi connectivity index (χ3v) is 3.77. The van der Waals surface area contributed by atoms with Gasteiger partial charge in [0.2, 0.25) is 11.8 Å². The Morgan fingerprint density at radius 1 is 1.18 bits per heavy atom. The number of benzene rings is 1. The molecule has 1 saturated heterocycles. The number of anilines is 2. The maximum atomic E-state index is 12.1. The lowest BCUT2D eigenvalue weighted by Gasteiger charge is -2.31. The van der Waals surface area contributed by atoms with Gasteiger partial charge in [-0.1, -0.05) is 0 Å². The molecule has 6 heteroatoms. The van der Waals surface area contributed by atoms with Crippen LogP contribution in [0.4, 0.5) is 11.4 Å². The number of likely N-dealkylation sites (tertiary alicyclic amines) is 1. The van der Waals surface area contributed by atoms with Crippen molar-refractivity contribution in [3.05, 3.63) is 24.3 Å². The van der Waals surface area contributed by atoms with Crippen molar-refractivity contribution in [1.29, 1.82) is 0 Å². The first-order chi connectivity index (χ1) is 10.6. The number of likely N-dealkylation sites (N-methyl/N-ethyl adjacent to an activating group) is 1. The minimum absolute atomic E-state index is 0.0102. The van der Waals surface area contributed by atoms with Crippen LogP contribution < -0.4 is 16.0 Å². The zero-order valence-electron chi connectivity index (χ0n) is 13.2.